The van der Waals surface area contributed by atoms with E-state index in [1.165, 1.54) is 4.90 Å². The first kappa shape index (κ1) is 23.1. The maximum atomic E-state index is 14.7. The molecule has 0 spiro atoms. The molecule has 0 amide bonds. The van der Waals surface area contributed by atoms with E-state index in [9.17, 15) is 23.1 Å². The van der Waals surface area contributed by atoms with E-state index in [-0.39, 0.29) is 13.2 Å². The van der Waals surface area contributed by atoms with Crippen molar-refractivity contribution in [2.45, 2.75) is 6.92 Å². The number of carbonyl (C=O) groups is 1. The van der Waals surface area contributed by atoms with Crippen molar-refractivity contribution >= 4 is 36.3 Å². The van der Waals surface area contributed by atoms with Gasteiger partial charge in [-0.1, -0.05) is 0 Å². The highest BCUT2D eigenvalue weighted by molar-refractivity contribution is 7.80. The number of esters is 1. The van der Waals surface area contributed by atoms with Crippen molar-refractivity contribution in [3.8, 4) is 0 Å². The summed E-state index contributed by atoms with van der Waals surface area (Å²) in [7, 11) is 1.88. The molecule has 1 N–H and O–H groups in total. The Morgan fingerprint density at radius 3 is 2.52 bits per heavy atom. The number of thiol groups is 1. The Bertz CT molecular complexity index is 810. The molecule has 160 valence electrons. The van der Waals surface area contributed by atoms with E-state index in [1.807, 2.05) is 11.9 Å². The number of nitrogens with zero attached hydrogens (tertiary/aromatic N) is 3. The minimum atomic E-state index is -1.46. The quantitative estimate of drug-likeness (QED) is 0.174. The van der Waals surface area contributed by atoms with Crippen LogP contribution in [0.3, 0.4) is 0 Å². The van der Waals surface area contributed by atoms with Crippen molar-refractivity contribution in [3.05, 3.63) is 34.7 Å². The summed E-state index contributed by atoms with van der Waals surface area (Å²) in [5.41, 5.74) is -1.77. The lowest BCUT2D eigenvalue weighted by atomic mass is 10.1. The number of aliphatic imine (C=N–C) groups is 1. The molecule has 1 aromatic carbocycles. The molecule has 0 atom stereocenters. The summed E-state index contributed by atoms with van der Waals surface area (Å²) in [6.45, 7) is 3.55. The van der Waals surface area contributed by atoms with Crippen LogP contribution >= 0.6 is 12.6 Å². The number of halogens is 3. The lowest BCUT2D eigenvalue weighted by Gasteiger charge is -2.34. The molecule has 0 aromatic heterocycles. The normalized spacial score (nSPS) is 16.3. The first-order valence-corrected chi connectivity index (χ1v) is 9.77. The second-order valence-corrected chi connectivity index (χ2v) is 6.86. The van der Waals surface area contributed by atoms with Gasteiger partial charge in [-0.25, -0.2) is 18.0 Å². The summed E-state index contributed by atoms with van der Waals surface area (Å²) in [6, 6.07) is 0.674. The molecule has 29 heavy (non-hydrogen) atoms. The SMILES string of the molecule is CCOC(=O)/C(C=NCCS)=C(/O)c1cc(F)c(N2CCN(C)CC2)c(F)c1F. The number of aliphatic hydroxyl groups excluding tert-OH is 1. The third-order valence-corrected chi connectivity index (χ3v) is 4.61. The van der Waals surface area contributed by atoms with E-state index >= 15 is 0 Å². The molecule has 1 aliphatic rings. The van der Waals surface area contributed by atoms with Crippen LogP contribution in [0.15, 0.2) is 16.6 Å². The first-order valence-electron chi connectivity index (χ1n) is 9.14. The molecule has 1 saturated heterocycles. The molecule has 0 aliphatic carbocycles. The Labute approximate surface area is 173 Å². The number of hydrogen-bond donors (Lipinski definition) is 2. The van der Waals surface area contributed by atoms with Crippen molar-refractivity contribution in [2.24, 2.45) is 4.99 Å². The van der Waals surface area contributed by atoms with Gasteiger partial charge in [0, 0.05) is 44.7 Å². The maximum absolute atomic E-state index is 14.7. The fraction of sp³-hybridized carbons (Fsp3) is 0.474. The maximum Gasteiger partial charge on any atom is 0.343 e. The summed E-state index contributed by atoms with van der Waals surface area (Å²) in [4.78, 5) is 19.4. The number of rotatable bonds is 7. The molecule has 10 heteroatoms. The highest BCUT2D eigenvalue weighted by atomic mass is 32.1. The van der Waals surface area contributed by atoms with Gasteiger partial charge < -0.3 is 19.6 Å². The van der Waals surface area contributed by atoms with Crippen molar-refractivity contribution in [2.75, 3.05) is 57.0 Å². The van der Waals surface area contributed by atoms with Crippen LogP contribution in [0, 0.1) is 17.5 Å². The van der Waals surface area contributed by atoms with Gasteiger partial charge in [0.15, 0.2) is 11.6 Å². The molecule has 1 heterocycles. The fourth-order valence-electron chi connectivity index (χ4n) is 2.86. The van der Waals surface area contributed by atoms with E-state index in [1.54, 1.807) is 6.92 Å². The van der Waals surface area contributed by atoms with Gasteiger partial charge in [-0.2, -0.15) is 12.6 Å². The van der Waals surface area contributed by atoms with Gasteiger partial charge in [-0.3, -0.25) is 4.99 Å². The topological polar surface area (TPSA) is 65.4 Å². The minimum absolute atomic E-state index is 0.0103. The molecule has 1 aromatic rings. The van der Waals surface area contributed by atoms with Gasteiger partial charge in [0.25, 0.3) is 0 Å². The average molecular weight is 431 g/mol. The number of benzene rings is 1. The van der Waals surface area contributed by atoms with Crippen LogP contribution in [0.4, 0.5) is 18.9 Å². The predicted octanol–water partition coefficient (Wildman–Crippen LogP) is 2.69. The number of piperazine rings is 1. The van der Waals surface area contributed by atoms with Gasteiger partial charge in [0.1, 0.15) is 22.8 Å². The number of ether oxygens (including phenoxy) is 1. The van der Waals surface area contributed by atoms with Gasteiger partial charge in [0.05, 0.1) is 12.2 Å². The van der Waals surface area contributed by atoms with Gasteiger partial charge in [-0.05, 0) is 20.0 Å². The molecule has 6 nitrogen and oxygen atoms in total. The second kappa shape index (κ2) is 10.5. The highest BCUT2D eigenvalue weighted by Crippen LogP contribution is 2.32. The molecule has 1 fully saturated rings. The van der Waals surface area contributed by atoms with E-state index in [2.05, 4.69) is 17.6 Å². The number of likely N-dealkylation sites (N-methyl/N-ethyl adjacent to an activating group) is 1. The Kier molecular flexibility index (Phi) is 8.39. The standard InChI is InChI=1S/C19H24F3N3O3S/c1-3-28-19(27)13(11-23-4-9-29)18(26)12-10-14(20)17(16(22)15(12)21)25-7-5-24(2)6-8-25/h10-11,26,29H,3-9H2,1-2H3/b18-13+,23-11?. The molecule has 0 radical (unpaired) electrons. The summed E-state index contributed by atoms with van der Waals surface area (Å²) in [5, 5.41) is 10.4. The van der Waals surface area contributed by atoms with E-state index in [0.717, 1.165) is 6.21 Å². The van der Waals surface area contributed by atoms with Gasteiger partial charge in [0.2, 0.25) is 0 Å². The molecular weight excluding hydrogens is 407 g/mol. The van der Waals surface area contributed by atoms with Gasteiger partial charge in [-0.15, -0.1) is 0 Å². The summed E-state index contributed by atoms with van der Waals surface area (Å²) >= 11 is 3.97. The van der Waals surface area contributed by atoms with Crippen LogP contribution in [-0.2, 0) is 9.53 Å². The Balaban J connectivity index is 2.51. The number of aliphatic hydroxyl groups is 1. The second-order valence-electron chi connectivity index (χ2n) is 6.41. The van der Waals surface area contributed by atoms with Crippen molar-refractivity contribution in [1.82, 2.24) is 4.90 Å². The minimum Gasteiger partial charge on any atom is -0.506 e. The molecule has 0 saturated carbocycles. The lowest BCUT2D eigenvalue weighted by molar-refractivity contribution is -0.137. The van der Waals surface area contributed by atoms with Crippen LogP contribution in [0.25, 0.3) is 5.76 Å². The number of carbonyl (C=O) groups excluding carboxylic acids is 1. The number of hydrogen-bond acceptors (Lipinski definition) is 7. The zero-order valence-electron chi connectivity index (χ0n) is 16.3. The smallest absolute Gasteiger partial charge is 0.343 e. The van der Waals surface area contributed by atoms with E-state index in [4.69, 9.17) is 4.74 Å². The lowest BCUT2D eigenvalue weighted by Crippen LogP contribution is -2.45. The number of anilines is 1. The molecule has 1 aliphatic heterocycles. The predicted molar refractivity (Wildman–Crippen MR) is 109 cm³/mol. The van der Waals surface area contributed by atoms with Crippen LogP contribution in [0.2, 0.25) is 0 Å². The summed E-state index contributed by atoms with van der Waals surface area (Å²) in [6.07, 6.45) is 0.979. The Hall–Kier alpha value is -2.20. The van der Waals surface area contributed by atoms with Crippen molar-refractivity contribution in [3.63, 3.8) is 0 Å². The third-order valence-electron chi connectivity index (χ3n) is 4.41. The molecule has 0 bridgehead atoms. The highest BCUT2D eigenvalue weighted by Gasteiger charge is 2.28. The van der Waals surface area contributed by atoms with Crippen molar-refractivity contribution < 1.29 is 27.8 Å². The van der Waals surface area contributed by atoms with E-state index < -0.39 is 46.0 Å². The zero-order valence-corrected chi connectivity index (χ0v) is 17.2. The van der Waals surface area contributed by atoms with Crippen LogP contribution in [-0.4, -0.2) is 74.3 Å². The summed E-state index contributed by atoms with van der Waals surface area (Å²) in [5.74, 6) is -5.49. The third kappa shape index (κ3) is 5.45. The largest absolute Gasteiger partial charge is 0.506 e. The van der Waals surface area contributed by atoms with Crippen LogP contribution in [0.1, 0.15) is 12.5 Å². The summed E-state index contributed by atoms with van der Waals surface area (Å²) < 4.78 is 49.0. The monoisotopic (exact) mass is 431 g/mol. The molecule has 2 rings (SSSR count). The molecule has 0 unspecified atom stereocenters. The average Bonchev–Trinajstić information content (AvgIpc) is 2.69. The van der Waals surface area contributed by atoms with Gasteiger partial charge >= 0.3 is 5.97 Å². The zero-order chi connectivity index (χ0) is 21.6. The van der Waals surface area contributed by atoms with Crippen molar-refractivity contribution in [1.29, 1.82) is 0 Å². The van der Waals surface area contributed by atoms with Crippen LogP contribution < -0.4 is 4.90 Å². The first-order chi connectivity index (χ1) is 13.8. The molecular formula is C19H24F3N3O3S. The van der Waals surface area contributed by atoms with E-state index in [0.29, 0.717) is 38.0 Å². The fourth-order valence-corrected chi connectivity index (χ4v) is 2.97. The Morgan fingerprint density at radius 1 is 1.28 bits per heavy atom. The van der Waals surface area contributed by atoms with Crippen LogP contribution in [0.5, 0.6) is 0 Å². The Morgan fingerprint density at radius 2 is 1.93 bits per heavy atom.